The number of aliphatic hydroxyl groups is 1. The molecule has 0 saturated carbocycles. The first kappa shape index (κ1) is 13.5. The SMILES string of the molecule is C=C[C@H]1C[C@@H](O)C[C@@H](/C=C/c2ccc(Br)cc2)O1. The summed E-state index contributed by atoms with van der Waals surface area (Å²) in [4.78, 5) is 0. The summed E-state index contributed by atoms with van der Waals surface area (Å²) >= 11 is 3.41. The molecular formula is C15H17BrO2. The highest BCUT2D eigenvalue weighted by molar-refractivity contribution is 9.10. The molecule has 1 saturated heterocycles. The highest BCUT2D eigenvalue weighted by Crippen LogP contribution is 2.22. The van der Waals surface area contributed by atoms with E-state index in [1.807, 2.05) is 36.4 Å². The van der Waals surface area contributed by atoms with E-state index >= 15 is 0 Å². The summed E-state index contributed by atoms with van der Waals surface area (Å²) in [6.45, 7) is 3.72. The maximum absolute atomic E-state index is 9.75. The highest BCUT2D eigenvalue weighted by atomic mass is 79.9. The number of aliphatic hydroxyl groups excluding tert-OH is 1. The predicted molar refractivity (Wildman–Crippen MR) is 77.3 cm³/mol. The van der Waals surface area contributed by atoms with Crippen molar-refractivity contribution in [2.24, 2.45) is 0 Å². The van der Waals surface area contributed by atoms with Gasteiger partial charge in [0.2, 0.25) is 0 Å². The fourth-order valence-corrected chi connectivity index (χ4v) is 2.30. The molecule has 3 atom stereocenters. The minimum atomic E-state index is -0.304. The molecule has 1 aromatic rings. The van der Waals surface area contributed by atoms with E-state index in [1.165, 1.54) is 0 Å². The number of rotatable bonds is 3. The van der Waals surface area contributed by atoms with E-state index in [9.17, 15) is 5.11 Å². The minimum Gasteiger partial charge on any atom is -0.393 e. The number of hydrogen-bond acceptors (Lipinski definition) is 2. The minimum absolute atomic E-state index is 0.0413. The summed E-state index contributed by atoms with van der Waals surface area (Å²) in [5.74, 6) is 0. The molecule has 18 heavy (non-hydrogen) atoms. The van der Waals surface area contributed by atoms with Crippen LogP contribution in [-0.4, -0.2) is 23.4 Å². The van der Waals surface area contributed by atoms with Crippen LogP contribution in [0, 0.1) is 0 Å². The van der Waals surface area contributed by atoms with Crippen LogP contribution in [0.25, 0.3) is 6.08 Å². The molecule has 1 aromatic carbocycles. The van der Waals surface area contributed by atoms with E-state index in [1.54, 1.807) is 6.08 Å². The van der Waals surface area contributed by atoms with Crippen molar-refractivity contribution in [2.45, 2.75) is 31.2 Å². The standard InChI is InChI=1S/C15H17BrO2/c1-2-14-9-13(17)10-15(18-14)8-5-11-3-6-12(16)7-4-11/h2-8,13-15,17H,1,9-10H2/b8-5+/t13-,14+,15-/m1/s1. The first-order chi connectivity index (χ1) is 8.67. The van der Waals surface area contributed by atoms with Crippen molar-refractivity contribution in [2.75, 3.05) is 0 Å². The first-order valence-corrected chi connectivity index (χ1v) is 6.86. The summed E-state index contributed by atoms with van der Waals surface area (Å²) in [6.07, 6.45) is 6.68. The van der Waals surface area contributed by atoms with Gasteiger partial charge in [-0.05, 0) is 17.7 Å². The van der Waals surface area contributed by atoms with Gasteiger partial charge in [0.05, 0.1) is 18.3 Å². The summed E-state index contributed by atoms with van der Waals surface area (Å²) in [5.41, 5.74) is 1.12. The van der Waals surface area contributed by atoms with Crippen molar-refractivity contribution < 1.29 is 9.84 Å². The van der Waals surface area contributed by atoms with Gasteiger partial charge in [0, 0.05) is 17.3 Å². The molecule has 0 bridgehead atoms. The Bertz CT molecular complexity index is 425. The smallest absolute Gasteiger partial charge is 0.0791 e. The molecule has 2 nitrogen and oxygen atoms in total. The van der Waals surface area contributed by atoms with Gasteiger partial charge in [-0.3, -0.25) is 0 Å². The van der Waals surface area contributed by atoms with Crippen LogP contribution in [-0.2, 0) is 4.74 Å². The lowest BCUT2D eigenvalue weighted by Crippen LogP contribution is -2.33. The quantitative estimate of drug-likeness (QED) is 0.865. The van der Waals surface area contributed by atoms with Crippen molar-refractivity contribution in [1.29, 1.82) is 0 Å². The molecule has 96 valence electrons. The maximum atomic E-state index is 9.75. The van der Waals surface area contributed by atoms with Crippen LogP contribution < -0.4 is 0 Å². The second-order valence-electron chi connectivity index (χ2n) is 4.48. The van der Waals surface area contributed by atoms with Crippen LogP contribution in [0.15, 0.2) is 47.5 Å². The molecule has 0 aliphatic carbocycles. The Morgan fingerprint density at radius 1 is 1.22 bits per heavy atom. The molecule has 0 spiro atoms. The molecule has 1 aliphatic heterocycles. The number of halogens is 1. The highest BCUT2D eigenvalue weighted by Gasteiger charge is 2.24. The molecule has 0 amide bonds. The van der Waals surface area contributed by atoms with E-state index < -0.39 is 0 Å². The molecular weight excluding hydrogens is 292 g/mol. The first-order valence-electron chi connectivity index (χ1n) is 6.07. The Kier molecular flexibility index (Phi) is 4.75. The van der Waals surface area contributed by atoms with E-state index in [2.05, 4.69) is 22.5 Å². The van der Waals surface area contributed by atoms with E-state index in [-0.39, 0.29) is 18.3 Å². The lowest BCUT2D eigenvalue weighted by molar-refractivity contribution is -0.0545. The van der Waals surface area contributed by atoms with Crippen molar-refractivity contribution in [3.63, 3.8) is 0 Å². The zero-order valence-corrected chi connectivity index (χ0v) is 11.7. The van der Waals surface area contributed by atoms with Crippen LogP contribution in [0.1, 0.15) is 18.4 Å². The largest absolute Gasteiger partial charge is 0.393 e. The van der Waals surface area contributed by atoms with Crippen molar-refractivity contribution in [1.82, 2.24) is 0 Å². The third-order valence-electron chi connectivity index (χ3n) is 2.99. The number of benzene rings is 1. The van der Waals surface area contributed by atoms with Gasteiger partial charge in [0.15, 0.2) is 0 Å². The Morgan fingerprint density at radius 2 is 1.89 bits per heavy atom. The summed E-state index contributed by atoms with van der Waals surface area (Å²) in [7, 11) is 0. The fraction of sp³-hybridized carbons (Fsp3) is 0.333. The second kappa shape index (κ2) is 6.32. The average molecular weight is 309 g/mol. The molecule has 2 rings (SSSR count). The molecule has 3 heteroatoms. The van der Waals surface area contributed by atoms with Gasteiger partial charge in [-0.1, -0.05) is 46.3 Å². The van der Waals surface area contributed by atoms with Gasteiger partial charge in [0.25, 0.3) is 0 Å². The van der Waals surface area contributed by atoms with Gasteiger partial charge in [0.1, 0.15) is 0 Å². The lowest BCUT2D eigenvalue weighted by Gasteiger charge is -2.29. The fourth-order valence-electron chi connectivity index (χ4n) is 2.04. The Labute approximate surface area is 116 Å². The monoisotopic (exact) mass is 308 g/mol. The summed E-state index contributed by atoms with van der Waals surface area (Å²) in [5, 5.41) is 9.75. The number of hydrogen-bond donors (Lipinski definition) is 1. The Hall–Kier alpha value is -0.900. The molecule has 1 fully saturated rings. The zero-order valence-electron chi connectivity index (χ0n) is 10.1. The average Bonchev–Trinajstić information content (AvgIpc) is 2.37. The normalized spacial score (nSPS) is 28.4. The molecule has 0 radical (unpaired) electrons. The van der Waals surface area contributed by atoms with Crippen LogP contribution >= 0.6 is 15.9 Å². The van der Waals surface area contributed by atoms with Crippen LogP contribution in [0.2, 0.25) is 0 Å². The second-order valence-corrected chi connectivity index (χ2v) is 5.40. The van der Waals surface area contributed by atoms with Gasteiger partial charge in [-0.25, -0.2) is 0 Å². The van der Waals surface area contributed by atoms with E-state index in [0.717, 1.165) is 10.0 Å². The summed E-state index contributed by atoms with van der Waals surface area (Å²) < 4.78 is 6.84. The third kappa shape index (κ3) is 3.80. The van der Waals surface area contributed by atoms with Gasteiger partial charge in [-0.2, -0.15) is 0 Å². The van der Waals surface area contributed by atoms with E-state index in [4.69, 9.17) is 4.74 Å². The Balaban J connectivity index is 1.99. The van der Waals surface area contributed by atoms with Gasteiger partial charge < -0.3 is 9.84 Å². The van der Waals surface area contributed by atoms with Crippen molar-refractivity contribution in [3.05, 3.63) is 53.0 Å². The third-order valence-corrected chi connectivity index (χ3v) is 3.52. The zero-order chi connectivity index (χ0) is 13.0. The molecule has 0 unspecified atom stereocenters. The van der Waals surface area contributed by atoms with Gasteiger partial charge in [-0.15, -0.1) is 6.58 Å². The van der Waals surface area contributed by atoms with Crippen LogP contribution in [0.5, 0.6) is 0 Å². The van der Waals surface area contributed by atoms with Crippen LogP contribution in [0.3, 0.4) is 0 Å². The summed E-state index contributed by atoms with van der Waals surface area (Å²) in [6, 6.07) is 8.07. The molecule has 0 aromatic heterocycles. The van der Waals surface area contributed by atoms with E-state index in [0.29, 0.717) is 12.8 Å². The van der Waals surface area contributed by atoms with Gasteiger partial charge >= 0.3 is 0 Å². The van der Waals surface area contributed by atoms with Crippen molar-refractivity contribution in [3.8, 4) is 0 Å². The Morgan fingerprint density at radius 3 is 2.56 bits per heavy atom. The topological polar surface area (TPSA) is 29.5 Å². The lowest BCUT2D eigenvalue weighted by atomic mass is 10.00. The molecule has 1 aliphatic rings. The molecule has 1 N–H and O–H groups in total. The molecule has 1 heterocycles. The number of ether oxygens (including phenoxy) is 1. The van der Waals surface area contributed by atoms with Crippen molar-refractivity contribution >= 4 is 22.0 Å². The predicted octanol–water partition coefficient (Wildman–Crippen LogP) is 3.56. The maximum Gasteiger partial charge on any atom is 0.0791 e. The van der Waals surface area contributed by atoms with Crippen LogP contribution in [0.4, 0.5) is 0 Å².